The van der Waals surface area contributed by atoms with Crippen LogP contribution in [0.2, 0.25) is 0 Å². The molecule has 0 amide bonds. The van der Waals surface area contributed by atoms with E-state index in [0.29, 0.717) is 24.3 Å². The topological polar surface area (TPSA) is 72.9 Å². The van der Waals surface area contributed by atoms with Gasteiger partial charge in [-0.1, -0.05) is 19.8 Å². The van der Waals surface area contributed by atoms with E-state index in [9.17, 15) is 4.79 Å². The van der Waals surface area contributed by atoms with Crippen molar-refractivity contribution in [2.75, 3.05) is 11.9 Å². The molecule has 5 heteroatoms. The first-order valence-electron chi connectivity index (χ1n) is 7.72. The van der Waals surface area contributed by atoms with Gasteiger partial charge in [-0.3, -0.25) is 4.79 Å². The molecule has 0 radical (unpaired) electrons. The summed E-state index contributed by atoms with van der Waals surface area (Å²) in [5.74, 6) is 0.940. The van der Waals surface area contributed by atoms with Gasteiger partial charge < -0.3 is 15.6 Å². The molecule has 2 atom stereocenters. The van der Waals surface area contributed by atoms with Gasteiger partial charge in [0.1, 0.15) is 0 Å². The quantitative estimate of drug-likeness (QED) is 0.881. The second kappa shape index (κ2) is 5.20. The molecule has 2 aliphatic rings. The number of nitrogens with zero attached hydrogens (tertiary/aromatic N) is 2. The Labute approximate surface area is 119 Å². The maximum absolute atomic E-state index is 12.5. The molecule has 0 aromatic carbocycles. The van der Waals surface area contributed by atoms with Crippen molar-refractivity contribution in [1.82, 2.24) is 9.55 Å². The average Bonchev–Trinajstić information content (AvgIpc) is 3.28. The van der Waals surface area contributed by atoms with Crippen LogP contribution in [-0.2, 0) is 0 Å². The molecule has 1 heterocycles. The highest BCUT2D eigenvalue weighted by Crippen LogP contribution is 2.36. The van der Waals surface area contributed by atoms with E-state index in [1.165, 1.54) is 6.42 Å². The first-order chi connectivity index (χ1) is 9.66. The average molecular weight is 276 g/mol. The Morgan fingerprint density at radius 1 is 1.45 bits per heavy atom. The van der Waals surface area contributed by atoms with Gasteiger partial charge in [-0.2, -0.15) is 0 Å². The zero-order chi connectivity index (χ0) is 14.2. The summed E-state index contributed by atoms with van der Waals surface area (Å²) < 4.78 is 1.81. The molecular weight excluding hydrogens is 252 g/mol. The van der Waals surface area contributed by atoms with Crippen molar-refractivity contribution >= 4 is 5.82 Å². The summed E-state index contributed by atoms with van der Waals surface area (Å²) in [5.41, 5.74) is 5.86. The summed E-state index contributed by atoms with van der Waals surface area (Å²) in [6.45, 7) is 2.77. The molecule has 3 N–H and O–H groups in total. The Kier molecular flexibility index (Phi) is 3.54. The fourth-order valence-corrected chi connectivity index (χ4v) is 3.34. The third-order valence-corrected chi connectivity index (χ3v) is 4.99. The highest BCUT2D eigenvalue weighted by molar-refractivity contribution is 5.36. The first-order valence-corrected chi connectivity index (χ1v) is 7.72. The van der Waals surface area contributed by atoms with E-state index in [4.69, 9.17) is 5.73 Å². The lowest BCUT2D eigenvalue weighted by atomic mass is 9.73. The van der Waals surface area contributed by atoms with E-state index in [1.54, 1.807) is 12.4 Å². The zero-order valence-corrected chi connectivity index (χ0v) is 12.1. The van der Waals surface area contributed by atoms with E-state index in [-0.39, 0.29) is 11.1 Å². The van der Waals surface area contributed by atoms with Gasteiger partial charge in [0, 0.05) is 25.0 Å². The van der Waals surface area contributed by atoms with E-state index in [0.717, 1.165) is 32.1 Å². The minimum absolute atomic E-state index is 0.000554. The number of hydrogen-bond acceptors (Lipinski definition) is 4. The van der Waals surface area contributed by atoms with Crippen LogP contribution in [0.15, 0.2) is 17.2 Å². The lowest BCUT2D eigenvalue weighted by Gasteiger charge is -2.42. The van der Waals surface area contributed by atoms with Crippen molar-refractivity contribution in [2.24, 2.45) is 11.7 Å². The van der Waals surface area contributed by atoms with Gasteiger partial charge in [-0.05, 0) is 31.6 Å². The van der Waals surface area contributed by atoms with Crippen LogP contribution in [0.1, 0.15) is 51.5 Å². The number of rotatable bonds is 4. The standard InChI is InChI=1S/C15H24N4O/c1-11-4-2-3-7-15(11,10-16)18-13-14(20)19(9-8-17-13)12-5-6-12/h8-9,11-12H,2-7,10,16H2,1H3,(H,17,18). The van der Waals surface area contributed by atoms with Crippen molar-refractivity contribution in [2.45, 2.75) is 57.0 Å². The molecule has 0 bridgehead atoms. The Morgan fingerprint density at radius 3 is 2.90 bits per heavy atom. The lowest BCUT2D eigenvalue weighted by molar-refractivity contribution is 0.234. The van der Waals surface area contributed by atoms with Crippen LogP contribution in [0, 0.1) is 5.92 Å². The van der Waals surface area contributed by atoms with E-state index < -0.39 is 0 Å². The number of nitrogens with one attached hydrogen (secondary N) is 1. The first kappa shape index (κ1) is 13.6. The molecular formula is C15H24N4O. The molecule has 1 aromatic heterocycles. The Morgan fingerprint density at radius 2 is 2.25 bits per heavy atom. The summed E-state index contributed by atoms with van der Waals surface area (Å²) in [7, 11) is 0. The summed E-state index contributed by atoms with van der Waals surface area (Å²) >= 11 is 0. The summed E-state index contributed by atoms with van der Waals surface area (Å²) in [5, 5.41) is 3.42. The number of aromatic nitrogens is 2. The SMILES string of the molecule is CC1CCCCC1(CN)Nc1nccn(C2CC2)c1=O. The Hall–Kier alpha value is -1.36. The fourth-order valence-electron chi connectivity index (χ4n) is 3.34. The van der Waals surface area contributed by atoms with Gasteiger partial charge in [0.15, 0.2) is 5.82 Å². The van der Waals surface area contributed by atoms with Gasteiger partial charge in [0.05, 0.1) is 5.54 Å². The van der Waals surface area contributed by atoms with Crippen LogP contribution in [-0.4, -0.2) is 21.6 Å². The highest BCUT2D eigenvalue weighted by atomic mass is 16.1. The van der Waals surface area contributed by atoms with Gasteiger partial charge in [0.25, 0.3) is 5.56 Å². The van der Waals surface area contributed by atoms with E-state index in [1.807, 2.05) is 4.57 Å². The molecule has 2 aliphatic carbocycles. The number of nitrogens with two attached hydrogens (primary N) is 1. The minimum Gasteiger partial charge on any atom is -0.358 e. The van der Waals surface area contributed by atoms with Crippen molar-refractivity contribution in [1.29, 1.82) is 0 Å². The van der Waals surface area contributed by atoms with Crippen LogP contribution in [0.25, 0.3) is 0 Å². The Bertz CT molecular complexity index is 537. The molecule has 2 saturated carbocycles. The van der Waals surface area contributed by atoms with Crippen molar-refractivity contribution in [3.8, 4) is 0 Å². The predicted octanol–water partition coefficient (Wildman–Crippen LogP) is 1.90. The van der Waals surface area contributed by atoms with Gasteiger partial charge in [-0.25, -0.2) is 4.98 Å². The third kappa shape index (κ3) is 2.35. The van der Waals surface area contributed by atoms with Crippen molar-refractivity contribution < 1.29 is 0 Å². The predicted molar refractivity (Wildman–Crippen MR) is 79.8 cm³/mol. The smallest absolute Gasteiger partial charge is 0.293 e. The second-order valence-electron chi connectivity index (χ2n) is 6.35. The van der Waals surface area contributed by atoms with Crippen LogP contribution in [0.5, 0.6) is 0 Å². The number of hydrogen-bond donors (Lipinski definition) is 2. The summed E-state index contributed by atoms with van der Waals surface area (Å²) in [6.07, 6.45) is 10.3. The maximum Gasteiger partial charge on any atom is 0.293 e. The van der Waals surface area contributed by atoms with Crippen LogP contribution < -0.4 is 16.6 Å². The summed E-state index contributed by atoms with van der Waals surface area (Å²) in [4.78, 5) is 16.8. The molecule has 0 aliphatic heterocycles. The van der Waals surface area contributed by atoms with E-state index >= 15 is 0 Å². The number of anilines is 1. The summed E-state index contributed by atoms with van der Waals surface area (Å²) in [6, 6.07) is 0.378. The molecule has 5 nitrogen and oxygen atoms in total. The third-order valence-electron chi connectivity index (χ3n) is 4.99. The second-order valence-corrected chi connectivity index (χ2v) is 6.35. The highest BCUT2D eigenvalue weighted by Gasteiger charge is 2.38. The van der Waals surface area contributed by atoms with Gasteiger partial charge in [0.2, 0.25) is 0 Å². The molecule has 3 rings (SSSR count). The molecule has 2 fully saturated rings. The zero-order valence-electron chi connectivity index (χ0n) is 12.1. The normalized spacial score (nSPS) is 30.2. The van der Waals surface area contributed by atoms with Crippen molar-refractivity contribution in [3.05, 3.63) is 22.7 Å². The minimum atomic E-state index is -0.173. The monoisotopic (exact) mass is 276 g/mol. The maximum atomic E-state index is 12.5. The van der Waals surface area contributed by atoms with Crippen molar-refractivity contribution in [3.63, 3.8) is 0 Å². The molecule has 0 saturated heterocycles. The molecule has 20 heavy (non-hydrogen) atoms. The van der Waals surface area contributed by atoms with Crippen LogP contribution in [0.3, 0.4) is 0 Å². The lowest BCUT2D eigenvalue weighted by Crippen LogP contribution is -2.53. The molecule has 110 valence electrons. The fraction of sp³-hybridized carbons (Fsp3) is 0.733. The van der Waals surface area contributed by atoms with Crippen LogP contribution >= 0.6 is 0 Å². The molecule has 1 aromatic rings. The Balaban J connectivity index is 1.89. The molecule has 0 spiro atoms. The van der Waals surface area contributed by atoms with Crippen LogP contribution in [0.4, 0.5) is 5.82 Å². The van der Waals surface area contributed by atoms with Gasteiger partial charge in [-0.15, -0.1) is 0 Å². The largest absolute Gasteiger partial charge is 0.358 e. The van der Waals surface area contributed by atoms with Gasteiger partial charge >= 0.3 is 0 Å². The molecule has 2 unspecified atom stereocenters. The van der Waals surface area contributed by atoms with E-state index in [2.05, 4.69) is 17.2 Å².